The van der Waals surface area contributed by atoms with Crippen LogP contribution in [0.5, 0.6) is 0 Å². The molecule has 0 amide bonds. The molecule has 1 aromatic carbocycles. The maximum Gasteiger partial charge on any atom is 0.0542 e. The van der Waals surface area contributed by atoms with E-state index in [1.165, 1.54) is 0 Å². The van der Waals surface area contributed by atoms with Crippen molar-refractivity contribution >= 4 is 34.2 Å². The van der Waals surface area contributed by atoms with Gasteiger partial charge < -0.3 is 5.73 Å². The summed E-state index contributed by atoms with van der Waals surface area (Å²) in [5, 5.41) is 0.747. The lowest BCUT2D eigenvalue weighted by Gasteiger charge is -2.20. The molecule has 0 aliphatic carbocycles. The number of pyridine rings is 1. The average molecular weight is 373 g/mol. The first-order valence-corrected chi connectivity index (χ1v) is 7.16. The van der Waals surface area contributed by atoms with Gasteiger partial charge in [0.05, 0.1) is 5.02 Å². The van der Waals surface area contributed by atoms with Gasteiger partial charge in [-0.3, -0.25) is 4.98 Å². The lowest BCUT2D eigenvalue weighted by atomic mass is 9.92. The molecular formula is C14H14ClIN2. The predicted molar refractivity (Wildman–Crippen MR) is 83.7 cm³/mol. The standard InChI is InChI=1S/C14H14ClIN2/c1-9(13-4-2-3-7-18-13)14(17)10-5-6-12(16)11(15)8-10/h2-9,14H,17H2,1H3. The molecule has 0 aliphatic heterocycles. The van der Waals surface area contributed by atoms with E-state index in [2.05, 4.69) is 34.5 Å². The zero-order valence-electron chi connectivity index (χ0n) is 9.98. The van der Waals surface area contributed by atoms with E-state index in [1.54, 1.807) is 6.20 Å². The summed E-state index contributed by atoms with van der Waals surface area (Å²) in [7, 11) is 0. The van der Waals surface area contributed by atoms with Crippen LogP contribution in [-0.4, -0.2) is 4.98 Å². The third-order valence-electron chi connectivity index (χ3n) is 3.02. The van der Waals surface area contributed by atoms with E-state index in [9.17, 15) is 0 Å². The van der Waals surface area contributed by atoms with Crippen molar-refractivity contribution in [2.75, 3.05) is 0 Å². The van der Waals surface area contributed by atoms with Gasteiger partial charge >= 0.3 is 0 Å². The van der Waals surface area contributed by atoms with Crippen LogP contribution < -0.4 is 5.73 Å². The third kappa shape index (κ3) is 3.02. The molecule has 0 aliphatic rings. The summed E-state index contributed by atoms with van der Waals surface area (Å²) in [6.07, 6.45) is 1.79. The van der Waals surface area contributed by atoms with E-state index >= 15 is 0 Å². The summed E-state index contributed by atoms with van der Waals surface area (Å²) < 4.78 is 1.04. The minimum absolute atomic E-state index is 0.102. The first kappa shape index (κ1) is 13.8. The van der Waals surface area contributed by atoms with Crippen molar-refractivity contribution in [3.05, 3.63) is 62.4 Å². The Morgan fingerprint density at radius 1 is 1.28 bits per heavy atom. The van der Waals surface area contributed by atoms with Crippen molar-refractivity contribution < 1.29 is 0 Å². The molecule has 2 N–H and O–H groups in total. The molecule has 4 heteroatoms. The number of hydrogen-bond acceptors (Lipinski definition) is 2. The third-order valence-corrected chi connectivity index (χ3v) is 4.59. The van der Waals surface area contributed by atoms with Crippen LogP contribution in [-0.2, 0) is 0 Å². The molecule has 2 rings (SSSR count). The van der Waals surface area contributed by atoms with Crippen molar-refractivity contribution in [2.24, 2.45) is 5.73 Å². The molecular weight excluding hydrogens is 359 g/mol. The second-order valence-electron chi connectivity index (χ2n) is 4.24. The minimum Gasteiger partial charge on any atom is -0.323 e. The van der Waals surface area contributed by atoms with Crippen LogP contribution in [0.2, 0.25) is 5.02 Å². The molecule has 0 saturated heterocycles. The average Bonchev–Trinajstić information content (AvgIpc) is 2.41. The van der Waals surface area contributed by atoms with Gasteiger partial charge in [-0.2, -0.15) is 0 Å². The Balaban J connectivity index is 2.25. The van der Waals surface area contributed by atoms with E-state index in [1.807, 2.05) is 36.4 Å². The molecule has 1 heterocycles. The number of benzene rings is 1. The number of aromatic nitrogens is 1. The molecule has 2 atom stereocenters. The second-order valence-corrected chi connectivity index (χ2v) is 5.81. The van der Waals surface area contributed by atoms with Gasteiger partial charge in [0.15, 0.2) is 0 Å². The van der Waals surface area contributed by atoms with E-state index < -0.39 is 0 Å². The SMILES string of the molecule is CC(c1ccccn1)C(N)c1ccc(I)c(Cl)c1. The molecule has 0 saturated carbocycles. The van der Waals surface area contributed by atoms with Crippen molar-refractivity contribution in [1.82, 2.24) is 4.98 Å². The van der Waals surface area contributed by atoms with Gasteiger partial charge in [0, 0.05) is 27.4 Å². The Morgan fingerprint density at radius 2 is 2.06 bits per heavy atom. The second kappa shape index (κ2) is 5.99. The maximum absolute atomic E-state index is 6.29. The molecule has 0 radical (unpaired) electrons. The highest BCUT2D eigenvalue weighted by Crippen LogP contribution is 2.30. The highest BCUT2D eigenvalue weighted by Gasteiger charge is 2.18. The Morgan fingerprint density at radius 3 is 2.67 bits per heavy atom. The number of halogens is 2. The van der Waals surface area contributed by atoms with Gasteiger partial charge in [0.2, 0.25) is 0 Å². The summed E-state index contributed by atoms with van der Waals surface area (Å²) >= 11 is 8.34. The Labute approximate surface area is 126 Å². The molecule has 0 bridgehead atoms. The zero-order valence-corrected chi connectivity index (χ0v) is 12.9. The van der Waals surface area contributed by atoms with Crippen LogP contribution in [0.25, 0.3) is 0 Å². The van der Waals surface area contributed by atoms with E-state index in [-0.39, 0.29) is 12.0 Å². The van der Waals surface area contributed by atoms with Crippen LogP contribution in [0.3, 0.4) is 0 Å². The zero-order chi connectivity index (χ0) is 13.1. The molecule has 2 nitrogen and oxygen atoms in total. The minimum atomic E-state index is -0.102. The molecule has 2 aromatic rings. The van der Waals surface area contributed by atoms with Crippen molar-refractivity contribution in [2.45, 2.75) is 18.9 Å². The summed E-state index contributed by atoms with van der Waals surface area (Å²) in [5.74, 6) is 0.155. The smallest absolute Gasteiger partial charge is 0.0542 e. The van der Waals surface area contributed by atoms with Crippen LogP contribution in [0.4, 0.5) is 0 Å². The van der Waals surface area contributed by atoms with Gasteiger partial charge in [-0.15, -0.1) is 0 Å². The number of hydrogen-bond donors (Lipinski definition) is 1. The van der Waals surface area contributed by atoms with Gasteiger partial charge in [0.25, 0.3) is 0 Å². The number of nitrogens with two attached hydrogens (primary N) is 1. The maximum atomic E-state index is 6.29. The lowest BCUT2D eigenvalue weighted by Crippen LogP contribution is -2.18. The predicted octanol–water partition coefficient (Wildman–Crippen LogP) is 4.14. The summed E-state index contributed by atoms with van der Waals surface area (Å²) in [6, 6.07) is 11.7. The molecule has 0 spiro atoms. The number of rotatable bonds is 3. The Hall–Kier alpha value is -0.650. The molecule has 18 heavy (non-hydrogen) atoms. The van der Waals surface area contributed by atoms with Crippen LogP contribution in [0, 0.1) is 3.57 Å². The van der Waals surface area contributed by atoms with E-state index in [4.69, 9.17) is 17.3 Å². The Kier molecular flexibility index (Phi) is 4.59. The van der Waals surface area contributed by atoms with Gasteiger partial charge in [-0.1, -0.05) is 30.7 Å². The van der Waals surface area contributed by atoms with Crippen molar-refractivity contribution in [3.63, 3.8) is 0 Å². The monoisotopic (exact) mass is 372 g/mol. The van der Waals surface area contributed by atoms with Crippen molar-refractivity contribution in [1.29, 1.82) is 0 Å². The van der Waals surface area contributed by atoms with Crippen LogP contribution >= 0.6 is 34.2 Å². The molecule has 0 fully saturated rings. The summed E-state index contributed by atoms with van der Waals surface area (Å²) in [4.78, 5) is 4.35. The highest BCUT2D eigenvalue weighted by atomic mass is 127. The van der Waals surface area contributed by atoms with Gasteiger partial charge in [0.1, 0.15) is 0 Å². The Bertz CT molecular complexity index is 531. The fraction of sp³-hybridized carbons (Fsp3) is 0.214. The first-order valence-electron chi connectivity index (χ1n) is 5.71. The summed E-state index contributed by atoms with van der Waals surface area (Å²) in [5.41, 5.74) is 8.33. The molecule has 94 valence electrons. The lowest BCUT2D eigenvalue weighted by molar-refractivity contribution is 0.584. The van der Waals surface area contributed by atoms with Crippen LogP contribution in [0.1, 0.15) is 30.1 Å². The van der Waals surface area contributed by atoms with Crippen molar-refractivity contribution in [3.8, 4) is 0 Å². The van der Waals surface area contributed by atoms with Gasteiger partial charge in [-0.05, 0) is 52.4 Å². The molecule has 1 aromatic heterocycles. The fourth-order valence-electron chi connectivity index (χ4n) is 1.84. The first-order chi connectivity index (χ1) is 8.59. The van der Waals surface area contributed by atoms with Gasteiger partial charge in [-0.25, -0.2) is 0 Å². The van der Waals surface area contributed by atoms with E-state index in [0.717, 1.165) is 19.9 Å². The normalized spacial score (nSPS) is 14.2. The van der Waals surface area contributed by atoms with E-state index in [0.29, 0.717) is 0 Å². The largest absolute Gasteiger partial charge is 0.323 e. The number of nitrogens with zero attached hydrogens (tertiary/aromatic N) is 1. The molecule has 2 unspecified atom stereocenters. The topological polar surface area (TPSA) is 38.9 Å². The highest BCUT2D eigenvalue weighted by molar-refractivity contribution is 14.1. The fourth-order valence-corrected chi connectivity index (χ4v) is 2.36. The summed E-state index contributed by atoms with van der Waals surface area (Å²) in [6.45, 7) is 2.08. The van der Waals surface area contributed by atoms with Crippen LogP contribution in [0.15, 0.2) is 42.6 Å². The quantitative estimate of drug-likeness (QED) is 0.822.